The minimum absolute atomic E-state index is 0.441. The molecule has 0 radical (unpaired) electrons. The van der Waals surface area contributed by atoms with Crippen LogP contribution >= 0.6 is 11.6 Å². The molecular formula is C14H12ClNO. The van der Waals surface area contributed by atoms with Gasteiger partial charge in [0, 0.05) is 12.1 Å². The summed E-state index contributed by atoms with van der Waals surface area (Å²) in [5.74, 6) is 0. The van der Waals surface area contributed by atoms with Gasteiger partial charge in [-0.3, -0.25) is 4.79 Å². The van der Waals surface area contributed by atoms with Crippen LogP contribution in [0.1, 0.15) is 15.9 Å². The maximum Gasteiger partial charge on any atom is 0.253 e. The number of carbonyl (C=O) groups excluding carboxylic acids is 1. The molecule has 3 heteroatoms. The minimum Gasteiger partial charge on any atom is -0.326 e. The van der Waals surface area contributed by atoms with Crippen LogP contribution in [-0.2, 0) is 6.54 Å². The van der Waals surface area contributed by atoms with Gasteiger partial charge >= 0.3 is 0 Å². The molecule has 2 rings (SSSR count). The van der Waals surface area contributed by atoms with Crippen LogP contribution in [0.4, 0.5) is 0 Å². The topological polar surface area (TPSA) is 43.1 Å². The van der Waals surface area contributed by atoms with E-state index in [2.05, 4.69) is 0 Å². The van der Waals surface area contributed by atoms with Crippen molar-refractivity contribution in [2.24, 2.45) is 5.73 Å². The predicted octanol–water partition coefficient (Wildman–Crippen LogP) is 3.19. The van der Waals surface area contributed by atoms with Crippen molar-refractivity contribution in [1.82, 2.24) is 0 Å². The Balaban J connectivity index is 2.48. The third-order valence-electron chi connectivity index (χ3n) is 2.64. The second-order valence-corrected chi connectivity index (χ2v) is 4.06. The quantitative estimate of drug-likeness (QED) is 0.844. The normalized spacial score (nSPS) is 10.2. The van der Waals surface area contributed by atoms with Crippen LogP contribution in [-0.4, -0.2) is 5.24 Å². The summed E-state index contributed by atoms with van der Waals surface area (Å²) in [6.07, 6.45) is 0. The lowest BCUT2D eigenvalue weighted by Gasteiger charge is -2.06. The highest BCUT2D eigenvalue weighted by Crippen LogP contribution is 2.25. The highest BCUT2D eigenvalue weighted by molar-refractivity contribution is 6.68. The monoisotopic (exact) mass is 245 g/mol. The van der Waals surface area contributed by atoms with E-state index in [0.29, 0.717) is 12.1 Å². The Morgan fingerprint density at radius 1 is 1.06 bits per heavy atom. The van der Waals surface area contributed by atoms with Crippen LogP contribution in [0.25, 0.3) is 11.1 Å². The zero-order valence-electron chi connectivity index (χ0n) is 9.19. The smallest absolute Gasteiger partial charge is 0.253 e. The first-order chi connectivity index (χ1) is 8.22. The van der Waals surface area contributed by atoms with Gasteiger partial charge in [-0.05, 0) is 34.4 Å². The fourth-order valence-corrected chi connectivity index (χ4v) is 1.89. The van der Waals surface area contributed by atoms with Gasteiger partial charge in [0.2, 0.25) is 0 Å². The number of hydrogen-bond donors (Lipinski definition) is 1. The highest BCUT2D eigenvalue weighted by Gasteiger charge is 2.09. The summed E-state index contributed by atoms with van der Waals surface area (Å²) in [7, 11) is 0. The van der Waals surface area contributed by atoms with E-state index >= 15 is 0 Å². The zero-order chi connectivity index (χ0) is 12.3. The lowest BCUT2D eigenvalue weighted by Crippen LogP contribution is -1.96. The maximum absolute atomic E-state index is 11.3. The zero-order valence-corrected chi connectivity index (χ0v) is 9.95. The number of nitrogens with two attached hydrogens (primary N) is 1. The van der Waals surface area contributed by atoms with E-state index in [1.165, 1.54) is 0 Å². The van der Waals surface area contributed by atoms with Crippen molar-refractivity contribution in [3.63, 3.8) is 0 Å². The van der Waals surface area contributed by atoms with E-state index in [9.17, 15) is 4.79 Å². The molecule has 17 heavy (non-hydrogen) atoms. The number of benzene rings is 2. The molecule has 0 aliphatic rings. The summed E-state index contributed by atoms with van der Waals surface area (Å²) in [5, 5.41) is -0.441. The molecule has 0 aromatic heterocycles. The molecule has 0 unspecified atom stereocenters. The summed E-state index contributed by atoms with van der Waals surface area (Å²) in [6.45, 7) is 0.510. The first-order valence-electron chi connectivity index (χ1n) is 5.30. The summed E-state index contributed by atoms with van der Waals surface area (Å²) in [6, 6.07) is 15.1. The van der Waals surface area contributed by atoms with Crippen LogP contribution in [0.3, 0.4) is 0 Å². The Labute approximate surface area is 105 Å². The number of halogens is 1. The van der Waals surface area contributed by atoms with Crippen molar-refractivity contribution in [2.75, 3.05) is 0 Å². The molecule has 0 saturated heterocycles. The molecule has 0 atom stereocenters. The number of hydrogen-bond acceptors (Lipinski definition) is 2. The van der Waals surface area contributed by atoms with Crippen molar-refractivity contribution in [3.05, 3.63) is 59.7 Å². The average molecular weight is 246 g/mol. The molecule has 0 spiro atoms. The molecule has 2 nitrogen and oxygen atoms in total. The molecule has 2 aromatic rings. The Bertz CT molecular complexity index is 534. The SMILES string of the molecule is NCc1ccc(-c2ccccc2C(=O)Cl)cc1. The Morgan fingerprint density at radius 2 is 1.71 bits per heavy atom. The van der Waals surface area contributed by atoms with E-state index in [4.69, 9.17) is 17.3 Å². The lowest BCUT2D eigenvalue weighted by molar-refractivity contribution is 0.108. The van der Waals surface area contributed by atoms with Gasteiger partial charge in [-0.1, -0.05) is 42.5 Å². The third-order valence-corrected chi connectivity index (χ3v) is 2.84. The number of rotatable bonds is 3. The van der Waals surface area contributed by atoms with Gasteiger partial charge in [-0.15, -0.1) is 0 Å². The van der Waals surface area contributed by atoms with E-state index in [-0.39, 0.29) is 0 Å². The Hall–Kier alpha value is -1.64. The molecule has 2 N–H and O–H groups in total. The second kappa shape index (κ2) is 5.13. The van der Waals surface area contributed by atoms with Crippen LogP contribution < -0.4 is 5.73 Å². The average Bonchev–Trinajstić information content (AvgIpc) is 2.39. The molecule has 86 valence electrons. The van der Waals surface area contributed by atoms with Crippen molar-refractivity contribution in [1.29, 1.82) is 0 Å². The molecule has 0 heterocycles. The summed E-state index contributed by atoms with van der Waals surface area (Å²) in [5.41, 5.74) is 8.93. The van der Waals surface area contributed by atoms with E-state index < -0.39 is 5.24 Å². The van der Waals surface area contributed by atoms with Gasteiger partial charge in [0.25, 0.3) is 5.24 Å². The maximum atomic E-state index is 11.3. The summed E-state index contributed by atoms with van der Waals surface area (Å²) in [4.78, 5) is 11.3. The first kappa shape index (κ1) is 11.8. The first-order valence-corrected chi connectivity index (χ1v) is 5.68. The van der Waals surface area contributed by atoms with Crippen molar-refractivity contribution in [2.45, 2.75) is 6.54 Å². The largest absolute Gasteiger partial charge is 0.326 e. The van der Waals surface area contributed by atoms with Crippen LogP contribution in [0, 0.1) is 0 Å². The second-order valence-electron chi connectivity index (χ2n) is 3.72. The van der Waals surface area contributed by atoms with Crippen LogP contribution in [0.5, 0.6) is 0 Å². The van der Waals surface area contributed by atoms with Crippen LogP contribution in [0.2, 0.25) is 0 Å². The molecule has 0 fully saturated rings. The molecule has 0 saturated carbocycles. The van der Waals surface area contributed by atoms with Crippen molar-refractivity contribution < 1.29 is 4.79 Å². The van der Waals surface area contributed by atoms with Gasteiger partial charge < -0.3 is 5.73 Å². The van der Waals surface area contributed by atoms with Crippen LogP contribution in [0.15, 0.2) is 48.5 Å². The molecule has 0 aliphatic carbocycles. The molecular weight excluding hydrogens is 234 g/mol. The summed E-state index contributed by atoms with van der Waals surface area (Å²) >= 11 is 5.56. The lowest BCUT2D eigenvalue weighted by atomic mass is 9.99. The third kappa shape index (κ3) is 2.54. The minimum atomic E-state index is -0.441. The highest BCUT2D eigenvalue weighted by atomic mass is 35.5. The van der Waals surface area contributed by atoms with Crippen molar-refractivity contribution >= 4 is 16.8 Å². The fourth-order valence-electron chi connectivity index (χ4n) is 1.73. The van der Waals surface area contributed by atoms with Gasteiger partial charge in [0.15, 0.2) is 0 Å². The Morgan fingerprint density at radius 3 is 2.29 bits per heavy atom. The summed E-state index contributed by atoms with van der Waals surface area (Å²) < 4.78 is 0. The van der Waals surface area contributed by atoms with E-state index in [1.54, 1.807) is 12.1 Å². The Kier molecular flexibility index (Phi) is 3.57. The number of carbonyl (C=O) groups is 1. The standard InChI is InChI=1S/C14H12ClNO/c15-14(17)13-4-2-1-3-12(13)11-7-5-10(9-16)6-8-11/h1-8H,9,16H2. The molecule has 0 bridgehead atoms. The van der Waals surface area contributed by atoms with Gasteiger partial charge in [0.05, 0.1) is 0 Å². The van der Waals surface area contributed by atoms with Gasteiger partial charge in [0.1, 0.15) is 0 Å². The van der Waals surface area contributed by atoms with Gasteiger partial charge in [-0.2, -0.15) is 0 Å². The molecule has 2 aromatic carbocycles. The van der Waals surface area contributed by atoms with E-state index in [1.807, 2.05) is 36.4 Å². The molecule has 0 aliphatic heterocycles. The fraction of sp³-hybridized carbons (Fsp3) is 0.0714. The molecule has 0 amide bonds. The van der Waals surface area contributed by atoms with E-state index in [0.717, 1.165) is 16.7 Å². The van der Waals surface area contributed by atoms with Gasteiger partial charge in [-0.25, -0.2) is 0 Å². The predicted molar refractivity (Wildman–Crippen MR) is 70.0 cm³/mol. The van der Waals surface area contributed by atoms with Crippen molar-refractivity contribution in [3.8, 4) is 11.1 Å².